The van der Waals surface area contributed by atoms with E-state index in [1.54, 1.807) is 0 Å². The number of aromatic nitrogens is 1. The van der Waals surface area contributed by atoms with E-state index < -0.39 is 27.4 Å². The van der Waals surface area contributed by atoms with Gasteiger partial charge in [-0.15, -0.1) is 0 Å². The zero-order valence-electron chi connectivity index (χ0n) is 15.5. The van der Waals surface area contributed by atoms with E-state index in [2.05, 4.69) is 9.88 Å². The molecule has 1 spiro atoms. The fraction of sp³-hybridized carbons (Fsp3) is 0.737. The van der Waals surface area contributed by atoms with Crippen molar-refractivity contribution in [1.82, 2.24) is 9.88 Å². The minimum atomic E-state index is -4.59. The number of piperidine rings is 1. The second-order valence-corrected chi connectivity index (χ2v) is 10.7. The first kappa shape index (κ1) is 20.1. The smallest absolute Gasteiger partial charge is 0.300 e. The van der Waals surface area contributed by atoms with Crippen LogP contribution in [0.2, 0.25) is 0 Å². The molecule has 4 nitrogen and oxygen atoms in total. The van der Waals surface area contributed by atoms with Crippen LogP contribution < -0.4 is 0 Å². The number of likely N-dealkylation sites (tertiary alicyclic amines) is 1. The van der Waals surface area contributed by atoms with Gasteiger partial charge in [-0.1, -0.05) is 0 Å². The molecule has 3 fully saturated rings. The van der Waals surface area contributed by atoms with Gasteiger partial charge in [-0.2, -0.15) is 13.2 Å². The molecule has 0 N–H and O–H groups in total. The first-order chi connectivity index (χ1) is 13.1. The van der Waals surface area contributed by atoms with Gasteiger partial charge in [0, 0.05) is 23.6 Å². The van der Waals surface area contributed by atoms with Crippen molar-refractivity contribution in [2.45, 2.75) is 56.7 Å². The van der Waals surface area contributed by atoms with Crippen LogP contribution in [0.1, 0.15) is 55.7 Å². The van der Waals surface area contributed by atoms with Crippen LogP contribution in [-0.2, 0) is 16.0 Å². The molecule has 0 unspecified atom stereocenters. The van der Waals surface area contributed by atoms with Crippen molar-refractivity contribution < 1.29 is 26.0 Å². The molecule has 1 saturated carbocycles. The van der Waals surface area contributed by atoms with E-state index in [0.717, 1.165) is 45.0 Å². The summed E-state index contributed by atoms with van der Waals surface area (Å²) in [5, 5.41) is 0. The van der Waals surface area contributed by atoms with E-state index in [4.69, 9.17) is 0 Å². The summed E-state index contributed by atoms with van der Waals surface area (Å²) in [4.78, 5) is 6.20. The van der Waals surface area contributed by atoms with Crippen LogP contribution in [0.4, 0.5) is 17.6 Å². The van der Waals surface area contributed by atoms with Crippen LogP contribution >= 0.6 is 0 Å². The summed E-state index contributed by atoms with van der Waals surface area (Å²) in [6, 6.07) is 0.924. The van der Waals surface area contributed by atoms with Gasteiger partial charge >= 0.3 is 6.18 Å². The highest BCUT2D eigenvalue weighted by molar-refractivity contribution is 7.92. The average Bonchev–Trinajstić information content (AvgIpc) is 2.60. The maximum atomic E-state index is 14.2. The predicted molar refractivity (Wildman–Crippen MR) is 96.1 cm³/mol. The van der Waals surface area contributed by atoms with E-state index in [1.807, 2.05) is 0 Å². The van der Waals surface area contributed by atoms with Crippen LogP contribution in [0, 0.1) is 11.2 Å². The fourth-order valence-corrected chi connectivity index (χ4v) is 7.52. The largest absolute Gasteiger partial charge is 0.417 e. The van der Waals surface area contributed by atoms with E-state index in [1.165, 1.54) is 0 Å². The number of hydrogen-bond donors (Lipinski definition) is 0. The monoisotopic (exact) mass is 420 g/mol. The summed E-state index contributed by atoms with van der Waals surface area (Å²) in [5.74, 6) is -0.380. The van der Waals surface area contributed by atoms with Gasteiger partial charge in [0.2, 0.25) is 0 Å². The molecule has 0 atom stereocenters. The molecule has 0 amide bonds. The first-order valence-corrected chi connectivity index (χ1v) is 11.6. The van der Waals surface area contributed by atoms with Gasteiger partial charge in [-0.3, -0.25) is 4.98 Å². The average molecular weight is 420 g/mol. The number of nitrogens with zero attached hydrogens (tertiary/aromatic N) is 2. The van der Waals surface area contributed by atoms with Crippen molar-refractivity contribution in [3.63, 3.8) is 0 Å². The van der Waals surface area contributed by atoms with Gasteiger partial charge in [0.25, 0.3) is 0 Å². The SMILES string of the molecule is O=S1(=O)CC2(CCN(C3CCC(c4ncc(C(F)(F)F)cc4F)CC3)CC2)C1. The molecule has 4 rings (SSSR count). The topological polar surface area (TPSA) is 50.3 Å². The number of halogens is 4. The Morgan fingerprint density at radius 1 is 1.07 bits per heavy atom. The highest BCUT2D eigenvalue weighted by atomic mass is 32.2. The Balaban J connectivity index is 1.32. The molecule has 1 aromatic rings. The summed E-state index contributed by atoms with van der Waals surface area (Å²) in [6.45, 7) is 1.77. The van der Waals surface area contributed by atoms with Crippen molar-refractivity contribution in [3.05, 3.63) is 29.3 Å². The van der Waals surface area contributed by atoms with Gasteiger partial charge in [0.1, 0.15) is 5.82 Å². The Morgan fingerprint density at radius 3 is 2.18 bits per heavy atom. The molecular weight excluding hydrogens is 396 g/mol. The molecule has 3 aliphatic rings. The van der Waals surface area contributed by atoms with E-state index >= 15 is 0 Å². The Kier molecular flexibility index (Phi) is 4.97. The van der Waals surface area contributed by atoms with Crippen LogP contribution in [0.25, 0.3) is 0 Å². The minimum absolute atomic E-state index is 0.0141. The molecule has 2 saturated heterocycles. The van der Waals surface area contributed by atoms with Crippen LogP contribution in [0.5, 0.6) is 0 Å². The molecule has 0 bridgehead atoms. The van der Waals surface area contributed by atoms with Crippen LogP contribution in [0.15, 0.2) is 12.3 Å². The molecular formula is C19H24F4N2O2S. The molecule has 3 heterocycles. The molecule has 0 aromatic carbocycles. The van der Waals surface area contributed by atoms with E-state index in [0.29, 0.717) is 36.5 Å². The lowest BCUT2D eigenvalue weighted by Crippen LogP contribution is -2.56. The Bertz CT molecular complexity index is 826. The van der Waals surface area contributed by atoms with Gasteiger partial charge in [-0.05, 0) is 57.7 Å². The highest BCUT2D eigenvalue weighted by Crippen LogP contribution is 2.44. The van der Waals surface area contributed by atoms with Gasteiger partial charge < -0.3 is 4.90 Å². The fourth-order valence-electron chi connectivity index (χ4n) is 5.16. The minimum Gasteiger partial charge on any atom is -0.300 e. The summed E-state index contributed by atoms with van der Waals surface area (Å²) in [5.41, 5.74) is -0.925. The molecule has 1 aromatic heterocycles. The summed E-state index contributed by atoms with van der Waals surface area (Å²) in [7, 11) is -2.82. The number of rotatable bonds is 2. The number of pyridine rings is 1. The summed E-state index contributed by atoms with van der Waals surface area (Å²) < 4.78 is 75.2. The summed E-state index contributed by atoms with van der Waals surface area (Å²) >= 11 is 0. The highest BCUT2D eigenvalue weighted by Gasteiger charge is 2.50. The molecule has 2 aliphatic heterocycles. The van der Waals surface area contributed by atoms with Crippen molar-refractivity contribution >= 4 is 9.84 Å². The lowest BCUT2D eigenvalue weighted by molar-refractivity contribution is -0.138. The Labute approximate surface area is 162 Å². The third-order valence-electron chi connectivity index (χ3n) is 6.71. The third kappa shape index (κ3) is 3.92. The normalized spacial score (nSPS) is 30.1. The van der Waals surface area contributed by atoms with E-state index in [-0.39, 0.29) is 17.0 Å². The standard InChI is InChI=1S/C19H24F4N2O2S/c20-16-9-14(19(21,22)23)10-24-17(16)13-1-3-15(4-2-13)25-7-5-18(6-8-25)11-28(26,27)12-18/h9-10,13,15H,1-8,11-12H2. The summed E-state index contributed by atoms with van der Waals surface area (Å²) in [6.07, 6.45) is 1.07. The molecule has 156 valence electrons. The zero-order valence-corrected chi connectivity index (χ0v) is 16.3. The Morgan fingerprint density at radius 2 is 1.68 bits per heavy atom. The van der Waals surface area contributed by atoms with Gasteiger partial charge in [-0.25, -0.2) is 12.8 Å². The maximum Gasteiger partial charge on any atom is 0.417 e. The maximum absolute atomic E-state index is 14.2. The quantitative estimate of drug-likeness (QED) is 0.684. The van der Waals surface area contributed by atoms with Gasteiger partial charge in [0.05, 0.1) is 22.8 Å². The lowest BCUT2D eigenvalue weighted by atomic mass is 9.78. The van der Waals surface area contributed by atoms with Crippen molar-refractivity contribution in [1.29, 1.82) is 0 Å². The van der Waals surface area contributed by atoms with Crippen molar-refractivity contribution in [2.24, 2.45) is 5.41 Å². The number of hydrogen-bond acceptors (Lipinski definition) is 4. The Hall–Kier alpha value is -1.22. The first-order valence-electron chi connectivity index (χ1n) is 9.74. The van der Waals surface area contributed by atoms with E-state index in [9.17, 15) is 26.0 Å². The van der Waals surface area contributed by atoms with Crippen molar-refractivity contribution in [2.75, 3.05) is 24.6 Å². The van der Waals surface area contributed by atoms with Crippen LogP contribution in [-0.4, -0.2) is 48.9 Å². The van der Waals surface area contributed by atoms with Gasteiger partial charge in [0.15, 0.2) is 9.84 Å². The molecule has 1 aliphatic carbocycles. The number of sulfone groups is 1. The lowest BCUT2D eigenvalue weighted by Gasteiger charge is -2.49. The van der Waals surface area contributed by atoms with Crippen LogP contribution in [0.3, 0.4) is 0 Å². The second-order valence-electron chi connectivity index (χ2n) is 8.66. The molecule has 28 heavy (non-hydrogen) atoms. The second kappa shape index (κ2) is 6.93. The molecule has 0 radical (unpaired) electrons. The number of alkyl halides is 3. The predicted octanol–water partition coefficient (Wildman–Crippen LogP) is 3.78. The third-order valence-corrected chi connectivity index (χ3v) is 8.81. The van der Waals surface area contributed by atoms with Crippen molar-refractivity contribution in [3.8, 4) is 0 Å². The molecule has 9 heteroatoms. The zero-order chi connectivity index (χ0) is 20.2.